The second kappa shape index (κ2) is 14.5. The molecule has 4 aromatic rings. The van der Waals surface area contributed by atoms with E-state index in [2.05, 4.69) is 38.0 Å². The van der Waals surface area contributed by atoms with E-state index in [0.717, 1.165) is 35.2 Å². The van der Waals surface area contributed by atoms with E-state index in [1.807, 2.05) is 69.3 Å². The maximum absolute atomic E-state index is 13.2. The molecule has 0 radical (unpaired) electrons. The number of rotatable bonds is 13. The number of methoxy groups -OCH3 is 1. The van der Waals surface area contributed by atoms with Gasteiger partial charge in [0, 0.05) is 68.5 Å². The molecule has 0 saturated carbocycles. The number of ether oxygens (including phenoxy) is 2. The zero-order chi connectivity index (χ0) is 32.0. The lowest BCUT2D eigenvalue weighted by Crippen LogP contribution is -2.29. The van der Waals surface area contributed by atoms with Crippen molar-refractivity contribution in [3.8, 4) is 17.0 Å². The molecule has 2 aromatic carbocycles. The van der Waals surface area contributed by atoms with E-state index in [1.165, 1.54) is 6.20 Å². The Hall–Kier alpha value is -4.29. The van der Waals surface area contributed by atoms with Gasteiger partial charge in [0.05, 0.1) is 36.0 Å². The number of aromatic nitrogens is 3. The summed E-state index contributed by atoms with van der Waals surface area (Å²) in [7, 11) is 9.52. The summed E-state index contributed by atoms with van der Waals surface area (Å²) in [6, 6.07) is 11.6. The molecule has 0 unspecified atom stereocenters. The van der Waals surface area contributed by atoms with Crippen LogP contribution >= 0.6 is 12.6 Å². The first-order chi connectivity index (χ1) is 21.0. The maximum Gasteiger partial charge on any atom is 0.342 e. The summed E-state index contributed by atoms with van der Waals surface area (Å²) in [5, 5.41) is 7.21. The molecule has 0 aliphatic heterocycles. The molecule has 1 amide bonds. The Morgan fingerprint density at radius 2 is 1.84 bits per heavy atom. The molecule has 2 aromatic heterocycles. The third kappa shape index (κ3) is 7.61. The second-order valence-corrected chi connectivity index (χ2v) is 11.5. The molecular weight excluding hydrogens is 578 g/mol. The first-order valence-electron chi connectivity index (χ1n) is 14.4. The smallest absolute Gasteiger partial charge is 0.342 e. The van der Waals surface area contributed by atoms with Crippen LogP contribution in [0.25, 0.3) is 22.2 Å². The van der Waals surface area contributed by atoms with Crippen LogP contribution in [-0.2, 0) is 16.6 Å². The van der Waals surface area contributed by atoms with Crippen molar-refractivity contribution >= 4 is 58.4 Å². The van der Waals surface area contributed by atoms with Gasteiger partial charge in [0.1, 0.15) is 11.3 Å². The summed E-state index contributed by atoms with van der Waals surface area (Å²) < 4.78 is 13.3. The van der Waals surface area contributed by atoms with Gasteiger partial charge in [-0.25, -0.2) is 14.8 Å². The topological polar surface area (TPSA) is 114 Å². The number of hydrogen-bond acceptors (Lipinski definition) is 10. The average Bonchev–Trinajstić information content (AvgIpc) is 3.32. The molecular formula is C32H41N7O4S. The minimum absolute atomic E-state index is 0.152. The molecule has 0 fully saturated rings. The van der Waals surface area contributed by atoms with E-state index >= 15 is 0 Å². The van der Waals surface area contributed by atoms with E-state index in [9.17, 15) is 9.59 Å². The number of carbonyl (C=O) groups excluding carboxylic acids is 2. The number of hydrogen-bond donors (Lipinski definition) is 3. The number of likely N-dealkylation sites (N-methyl/N-ethyl adjacent to an activating group) is 2. The second-order valence-electron chi connectivity index (χ2n) is 11.0. The number of amides is 1. The molecule has 0 atom stereocenters. The van der Waals surface area contributed by atoms with Crippen LogP contribution in [0.5, 0.6) is 5.75 Å². The number of anilines is 4. The van der Waals surface area contributed by atoms with Crippen molar-refractivity contribution in [2.45, 2.75) is 26.4 Å². The largest absolute Gasteiger partial charge is 0.494 e. The number of fused-ring (bicyclic) bond motifs is 1. The molecule has 2 heterocycles. The van der Waals surface area contributed by atoms with Crippen LogP contribution in [0, 0.1) is 0 Å². The van der Waals surface area contributed by atoms with E-state index < -0.39 is 5.97 Å². The Morgan fingerprint density at radius 1 is 1.09 bits per heavy atom. The predicted octanol–water partition coefficient (Wildman–Crippen LogP) is 5.21. The highest BCUT2D eigenvalue weighted by molar-refractivity contribution is 7.80. The molecule has 0 spiro atoms. The first-order valence-corrected chi connectivity index (χ1v) is 15.0. The van der Waals surface area contributed by atoms with Crippen LogP contribution in [0.15, 0.2) is 48.8 Å². The van der Waals surface area contributed by atoms with Gasteiger partial charge in [-0.15, -0.1) is 0 Å². The number of esters is 1. The zero-order valence-electron chi connectivity index (χ0n) is 26.3. The average molecular weight is 620 g/mol. The van der Waals surface area contributed by atoms with E-state index in [0.29, 0.717) is 28.6 Å². The van der Waals surface area contributed by atoms with Crippen molar-refractivity contribution < 1.29 is 19.1 Å². The van der Waals surface area contributed by atoms with Gasteiger partial charge in [0.2, 0.25) is 11.9 Å². The summed E-state index contributed by atoms with van der Waals surface area (Å²) in [5.41, 5.74) is 4.40. The van der Waals surface area contributed by atoms with Crippen molar-refractivity contribution in [1.82, 2.24) is 19.4 Å². The maximum atomic E-state index is 13.2. The van der Waals surface area contributed by atoms with Crippen LogP contribution in [-0.4, -0.2) is 84.5 Å². The Labute approximate surface area is 264 Å². The molecule has 4 rings (SSSR count). The van der Waals surface area contributed by atoms with Gasteiger partial charge in [0.25, 0.3) is 0 Å². The van der Waals surface area contributed by atoms with Crippen LogP contribution in [0.1, 0.15) is 30.6 Å². The van der Waals surface area contributed by atoms with Gasteiger partial charge in [-0.1, -0.05) is 18.2 Å². The van der Waals surface area contributed by atoms with E-state index in [-0.39, 0.29) is 29.9 Å². The highest BCUT2D eigenvalue weighted by Crippen LogP contribution is 2.39. The highest BCUT2D eigenvalue weighted by Gasteiger charge is 2.23. The van der Waals surface area contributed by atoms with Gasteiger partial charge >= 0.3 is 5.97 Å². The lowest BCUT2D eigenvalue weighted by molar-refractivity contribution is -0.115. The molecule has 234 valence electrons. The number of carbonyl (C=O) groups is 2. The minimum Gasteiger partial charge on any atom is -0.494 e. The van der Waals surface area contributed by atoms with Crippen molar-refractivity contribution in [3.05, 3.63) is 54.4 Å². The van der Waals surface area contributed by atoms with Crippen molar-refractivity contribution in [1.29, 1.82) is 0 Å². The minimum atomic E-state index is -0.508. The Balaban J connectivity index is 1.81. The number of nitrogens with zero attached hydrogens (tertiary/aromatic N) is 5. The molecule has 0 bridgehead atoms. The summed E-state index contributed by atoms with van der Waals surface area (Å²) in [5.74, 6) is 0.540. The molecule has 0 saturated heterocycles. The number of para-hydroxylation sites is 1. The Kier molecular flexibility index (Phi) is 10.7. The fraction of sp³-hybridized carbons (Fsp3) is 0.375. The first kappa shape index (κ1) is 32.6. The number of thiol groups is 1. The number of benzene rings is 2. The van der Waals surface area contributed by atoms with Crippen molar-refractivity contribution in [2.24, 2.45) is 7.05 Å². The molecule has 0 aliphatic rings. The molecule has 44 heavy (non-hydrogen) atoms. The molecule has 0 aliphatic carbocycles. The van der Waals surface area contributed by atoms with Gasteiger partial charge in [0.15, 0.2) is 0 Å². The fourth-order valence-corrected chi connectivity index (χ4v) is 4.96. The quantitative estimate of drug-likeness (QED) is 0.137. The van der Waals surface area contributed by atoms with Crippen LogP contribution in [0.2, 0.25) is 0 Å². The third-order valence-corrected chi connectivity index (χ3v) is 7.20. The Bertz CT molecular complexity index is 1640. The van der Waals surface area contributed by atoms with Crippen molar-refractivity contribution in [3.63, 3.8) is 0 Å². The third-order valence-electron chi connectivity index (χ3n) is 6.97. The van der Waals surface area contributed by atoms with Gasteiger partial charge in [-0.2, -0.15) is 12.6 Å². The van der Waals surface area contributed by atoms with Crippen molar-refractivity contribution in [2.75, 3.05) is 62.6 Å². The van der Waals surface area contributed by atoms with Gasteiger partial charge in [-0.3, -0.25) is 4.79 Å². The Morgan fingerprint density at radius 3 is 2.52 bits per heavy atom. The lowest BCUT2D eigenvalue weighted by atomic mass is 10.1. The predicted molar refractivity (Wildman–Crippen MR) is 180 cm³/mol. The van der Waals surface area contributed by atoms with Gasteiger partial charge < -0.3 is 34.5 Å². The summed E-state index contributed by atoms with van der Waals surface area (Å²) in [6.07, 6.45) is 3.37. The fourth-order valence-electron chi connectivity index (χ4n) is 4.76. The van der Waals surface area contributed by atoms with E-state index in [1.54, 1.807) is 27.0 Å². The molecule has 12 heteroatoms. The summed E-state index contributed by atoms with van der Waals surface area (Å²) in [6.45, 7) is 5.14. The summed E-state index contributed by atoms with van der Waals surface area (Å²) in [4.78, 5) is 39.3. The molecule has 11 nitrogen and oxygen atoms in total. The highest BCUT2D eigenvalue weighted by atomic mass is 32.1. The summed E-state index contributed by atoms with van der Waals surface area (Å²) >= 11 is 4.21. The number of aryl methyl sites for hydroxylation is 1. The number of nitrogens with one attached hydrogen (secondary N) is 2. The van der Waals surface area contributed by atoms with E-state index in [4.69, 9.17) is 14.5 Å². The SMILES string of the molecule is COc1cc(N(C)CCN(C)C)c(NC(=O)CCS)cc1Nc1ncc(C(=O)OC(C)C)c(-c2cn(C)c3ccccc23)n1. The standard InChI is InChI=1S/C32H41N7O4S/c1-20(2)43-31(41)22-18-33-32(36-30(22)23-19-39(6)26-11-9-8-10-21(23)26)35-25-16-24(34-29(40)12-15-44)27(17-28(25)42-7)38(5)14-13-37(3)4/h8-11,16-20,44H,12-15H2,1-7H3,(H,34,40)(H,33,35,36). The van der Waals surface area contributed by atoms with Crippen LogP contribution in [0.3, 0.4) is 0 Å². The van der Waals surface area contributed by atoms with Gasteiger partial charge in [-0.05, 0) is 45.8 Å². The van der Waals surface area contributed by atoms with Crippen LogP contribution in [0.4, 0.5) is 23.0 Å². The normalized spacial score (nSPS) is 11.2. The van der Waals surface area contributed by atoms with Crippen LogP contribution < -0.4 is 20.3 Å². The molecule has 2 N–H and O–H groups in total. The zero-order valence-corrected chi connectivity index (χ0v) is 27.2. The monoisotopic (exact) mass is 619 g/mol. The lowest BCUT2D eigenvalue weighted by Gasteiger charge is -2.26.